The Bertz CT molecular complexity index is 538. The third-order valence-electron chi connectivity index (χ3n) is 2.27. The van der Waals surface area contributed by atoms with Crippen LogP contribution in [-0.2, 0) is 11.8 Å². The summed E-state index contributed by atoms with van der Waals surface area (Å²) >= 11 is 5.47. The number of aromatic nitrogens is 3. The van der Waals surface area contributed by atoms with Crippen molar-refractivity contribution in [2.24, 2.45) is 7.05 Å². The number of benzene rings is 1. The summed E-state index contributed by atoms with van der Waals surface area (Å²) in [5.74, 6) is 0.365. The van der Waals surface area contributed by atoms with Gasteiger partial charge in [-0.25, -0.2) is 0 Å². The molecular formula is C11H11ClN4O. The van der Waals surface area contributed by atoms with Crippen LogP contribution in [0.25, 0.3) is 11.4 Å². The lowest BCUT2D eigenvalue weighted by atomic mass is 10.1. The molecule has 88 valence electrons. The lowest BCUT2D eigenvalue weighted by Crippen LogP contribution is -2.13. The Morgan fingerprint density at radius 1 is 1.47 bits per heavy atom. The van der Waals surface area contributed by atoms with Crippen molar-refractivity contribution in [3.8, 4) is 11.4 Å². The first-order valence-corrected chi connectivity index (χ1v) is 5.55. The molecule has 0 unspecified atom stereocenters. The first-order valence-electron chi connectivity index (χ1n) is 5.01. The second-order valence-corrected chi connectivity index (χ2v) is 3.76. The molecule has 0 aliphatic carbocycles. The number of anilines is 1. The van der Waals surface area contributed by atoms with E-state index in [2.05, 4.69) is 15.5 Å². The highest BCUT2D eigenvalue weighted by molar-refractivity contribution is 6.29. The van der Waals surface area contributed by atoms with Crippen molar-refractivity contribution in [2.75, 3.05) is 11.2 Å². The SMILES string of the molecule is Cn1cnnc1-c1ccccc1NC(=O)CCl. The molecule has 2 aromatic rings. The van der Waals surface area contributed by atoms with E-state index in [0.717, 1.165) is 5.56 Å². The van der Waals surface area contributed by atoms with Crippen molar-refractivity contribution >= 4 is 23.2 Å². The second kappa shape index (κ2) is 4.97. The predicted molar refractivity (Wildman–Crippen MR) is 65.8 cm³/mol. The highest BCUT2D eigenvalue weighted by atomic mass is 35.5. The number of hydrogen-bond acceptors (Lipinski definition) is 3. The van der Waals surface area contributed by atoms with Crippen LogP contribution in [0.4, 0.5) is 5.69 Å². The zero-order valence-corrected chi connectivity index (χ0v) is 9.98. The molecule has 1 amide bonds. The Morgan fingerprint density at radius 3 is 2.88 bits per heavy atom. The van der Waals surface area contributed by atoms with Gasteiger partial charge in [-0.3, -0.25) is 4.79 Å². The number of alkyl halides is 1. The minimum Gasteiger partial charge on any atom is -0.324 e. The average Bonchev–Trinajstić information content (AvgIpc) is 2.76. The molecule has 0 bridgehead atoms. The maximum Gasteiger partial charge on any atom is 0.239 e. The number of rotatable bonds is 3. The third kappa shape index (κ3) is 2.45. The van der Waals surface area contributed by atoms with Gasteiger partial charge in [0, 0.05) is 12.6 Å². The van der Waals surface area contributed by atoms with Gasteiger partial charge < -0.3 is 9.88 Å². The predicted octanol–water partition coefficient (Wildman–Crippen LogP) is 1.66. The van der Waals surface area contributed by atoms with Gasteiger partial charge in [-0.15, -0.1) is 21.8 Å². The largest absolute Gasteiger partial charge is 0.324 e. The highest BCUT2D eigenvalue weighted by Crippen LogP contribution is 2.25. The maximum atomic E-state index is 11.3. The van der Waals surface area contributed by atoms with Gasteiger partial charge in [-0.05, 0) is 12.1 Å². The molecule has 5 nitrogen and oxygen atoms in total. The van der Waals surface area contributed by atoms with Gasteiger partial charge in [0.15, 0.2) is 5.82 Å². The zero-order chi connectivity index (χ0) is 12.3. The van der Waals surface area contributed by atoms with Crippen LogP contribution in [0.1, 0.15) is 0 Å². The summed E-state index contributed by atoms with van der Waals surface area (Å²) in [4.78, 5) is 11.3. The van der Waals surface area contributed by atoms with E-state index in [9.17, 15) is 4.79 Å². The van der Waals surface area contributed by atoms with Crippen molar-refractivity contribution in [2.45, 2.75) is 0 Å². The molecule has 0 atom stereocenters. The molecule has 1 N–H and O–H groups in total. The molecule has 0 saturated carbocycles. The Hall–Kier alpha value is -1.88. The van der Waals surface area contributed by atoms with E-state index in [1.165, 1.54) is 0 Å². The Kier molecular flexibility index (Phi) is 3.39. The number of amides is 1. The maximum absolute atomic E-state index is 11.3. The number of halogens is 1. The van der Waals surface area contributed by atoms with Gasteiger partial charge in [0.25, 0.3) is 0 Å². The van der Waals surface area contributed by atoms with E-state index in [1.807, 2.05) is 25.2 Å². The normalized spacial score (nSPS) is 10.2. The molecular weight excluding hydrogens is 240 g/mol. The zero-order valence-electron chi connectivity index (χ0n) is 9.22. The van der Waals surface area contributed by atoms with Crippen molar-refractivity contribution < 1.29 is 4.79 Å². The lowest BCUT2D eigenvalue weighted by molar-refractivity contribution is -0.113. The van der Waals surface area contributed by atoms with Gasteiger partial charge in [-0.2, -0.15) is 0 Å². The molecule has 0 spiro atoms. The smallest absolute Gasteiger partial charge is 0.239 e. The van der Waals surface area contributed by atoms with E-state index in [0.29, 0.717) is 11.5 Å². The van der Waals surface area contributed by atoms with Crippen molar-refractivity contribution in [3.05, 3.63) is 30.6 Å². The van der Waals surface area contributed by atoms with Crippen molar-refractivity contribution in [3.63, 3.8) is 0 Å². The van der Waals surface area contributed by atoms with Gasteiger partial charge in [-0.1, -0.05) is 12.1 Å². The molecule has 0 aliphatic rings. The Morgan fingerprint density at radius 2 is 2.24 bits per heavy atom. The summed E-state index contributed by atoms with van der Waals surface area (Å²) in [7, 11) is 1.84. The molecule has 1 heterocycles. The van der Waals surface area contributed by atoms with Crippen LogP contribution in [0.3, 0.4) is 0 Å². The summed E-state index contributed by atoms with van der Waals surface area (Å²) in [6.45, 7) is 0. The summed E-state index contributed by atoms with van der Waals surface area (Å²) < 4.78 is 1.78. The number of nitrogens with zero attached hydrogens (tertiary/aromatic N) is 3. The lowest BCUT2D eigenvalue weighted by Gasteiger charge is -2.09. The van der Waals surface area contributed by atoms with E-state index in [4.69, 9.17) is 11.6 Å². The monoisotopic (exact) mass is 250 g/mol. The molecule has 1 aromatic heterocycles. The molecule has 17 heavy (non-hydrogen) atoms. The van der Waals surface area contributed by atoms with E-state index in [-0.39, 0.29) is 11.8 Å². The molecule has 0 aliphatic heterocycles. The molecule has 0 fully saturated rings. The molecule has 1 aromatic carbocycles. The van der Waals surface area contributed by atoms with E-state index in [1.54, 1.807) is 17.0 Å². The van der Waals surface area contributed by atoms with Crippen LogP contribution in [0.2, 0.25) is 0 Å². The molecule has 6 heteroatoms. The fourth-order valence-corrected chi connectivity index (χ4v) is 1.56. The van der Waals surface area contributed by atoms with Crippen molar-refractivity contribution in [1.29, 1.82) is 0 Å². The fourth-order valence-electron chi connectivity index (χ4n) is 1.50. The number of hydrogen-bond donors (Lipinski definition) is 1. The number of carbonyl (C=O) groups excluding carboxylic acids is 1. The van der Waals surface area contributed by atoms with Crippen LogP contribution in [0.5, 0.6) is 0 Å². The van der Waals surface area contributed by atoms with Gasteiger partial charge in [0.2, 0.25) is 5.91 Å². The van der Waals surface area contributed by atoms with Crippen molar-refractivity contribution in [1.82, 2.24) is 14.8 Å². The first-order chi connectivity index (χ1) is 8.22. The van der Waals surface area contributed by atoms with E-state index >= 15 is 0 Å². The fraction of sp³-hybridized carbons (Fsp3) is 0.182. The minimum absolute atomic E-state index is 0.0762. The summed E-state index contributed by atoms with van der Waals surface area (Å²) in [5, 5.41) is 10.5. The van der Waals surface area contributed by atoms with Gasteiger partial charge in [0.05, 0.1) is 5.69 Å². The number of carbonyl (C=O) groups is 1. The Balaban J connectivity index is 2.41. The van der Waals surface area contributed by atoms with Crippen LogP contribution < -0.4 is 5.32 Å². The van der Waals surface area contributed by atoms with E-state index < -0.39 is 0 Å². The van der Waals surface area contributed by atoms with Gasteiger partial charge >= 0.3 is 0 Å². The minimum atomic E-state index is -0.249. The van der Waals surface area contributed by atoms with Gasteiger partial charge in [0.1, 0.15) is 12.2 Å². The number of nitrogens with one attached hydrogen (secondary N) is 1. The summed E-state index contributed by atoms with van der Waals surface area (Å²) in [6, 6.07) is 7.38. The second-order valence-electron chi connectivity index (χ2n) is 3.49. The van der Waals surface area contributed by atoms with Crippen LogP contribution in [0.15, 0.2) is 30.6 Å². The third-order valence-corrected chi connectivity index (χ3v) is 2.52. The molecule has 0 saturated heterocycles. The summed E-state index contributed by atoms with van der Waals surface area (Å²) in [5.41, 5.74) is 1.49. The summed E-state index contributed by atoms with van der Waals surface area (Å²) in [6.07, 6.45) is 1.61. The van der Waals surface area contributed by atoms with Crippen LogP contribution in [-0.4, -0.2) is 26.6 Å². The number of para-hydroxylation sites is 1. The van der Waals surface area contributed by atoms with Crippen LogP contribution in [0, 0.1) is 0 Å². The average molecular weight is 251 g/mol. The van der Waals surface area contributed by atoms with Crippen LogP contribution >= 0.6 is 11.6 Å². The standard InChI is InChI=1S/C11H11ClN4O/c1-16-7-13-15-11(16)8-4-2-3-5-9(8)14-10(17)6-12/h2-5,7H,6H2,1H3,(H,14,17). The molecule has 0 radical (unpaired) electrons. The topological polar surface area (TPSA) is 59.8 Å². The molecule has 2 rings (SSSR count). The Labute approximate surface area is 103 Å². The highest BCUT2D eigenvalue weighted by Gasteiger charge is 2.11. The quantitative estimate of drug-likeness (QED) is 0.843. The number of aryl methyl sites for hydroxylation is 1. The first kappa shape index (κ1) is 11.6.